The van der Waals surface area contributed by atoms with Crippen LogP contribution in [0.5, 0.6) is 0 Å². The number of nitrogens with one attached hydrogen (secondary N) is 2. The Bertz CT molecular complexity index is 527. The molecule has 20 heavy (non-hydrogen) atoms. The van der Waals surface area contributed by atoms with Gasteiger partial charge in [-0.05, 0) is 31.4 Å². The predicted molar refractivity (Wildman–Crippen MR) is 78.8 cm³/mol. The third kappa shape index (κ3) is 3.91. The van der Waals surface area contributed by atoms with E-state index in [4.69, 9.17) is 0 Å². The number of rotatable bonds is 6. The first-order valence-corrected chi connectivity index (χ1v) is 8.58. The molecule has 0 bridgehead atoms. The zero-order valence-corrected chi connectivity index (χ0v) is 12.6. The fourth-order valence-electron chi connectivity index (χ4n) is 2.19. The van der Waals surface area contributed by atoms with Gasteiger partial charge in [-0.25, -0.2) is 18.4 Å². The first-order valence-electron chi connectivity index (χ1n) is 7.10. The molecule has 2 heterocycles. The van der Waals surface area contributed by atoms with E-state index in [1.165, 1.54) is 0 Å². The Kier molecular flexibility index (Phi) is 5.33. The van der Waals surface area contributed by atoms with E-state index in [9.17, 15) is 8.42 Å². The van der Waals surface area contributed by atoms with Crippen molar-refractivity contribution in [3.05, 3.63) is 18.3 Å². The van der Waals surface area contributed by atoms with Crippen molar-refractivity contribution in [3.63, 3.8) is 0 Å². The van der Waals surface area contributed by atoms with Crippen LogP contribution in [0.3, 0.4) is 0 Å². The van der Waals surface area contributed by atoms with E-state index in [0.717, 1.165) is 38.8 Å². The van der Waals surface area contributed by atoms with Crippen molar-refractivity contribution >= 4 is 15.8 Å². The highest BCUT2D eigenvalue weighted by Gasteiger charge is 2.23. The molecule has 2 N–H and O–H groups in total. The number of nitrogens with zero attached hydrogens (tertiary/aromatic N) is 2. The van der Waals surface area contributed by atoms with Gasteiger partial charge < -0.3 is 5.32 Å². The van der Waals surface area contributed by atoms with Gasteiger partial charge in [-0.1, -0.05) is 13.3 Å². The van der Waals surface area contributed by atoms with Crippen LogP contribution in [0.25, 0.3) is 0 Å². The lowest BCUT2D eigenvalue weighted by Gasteiger charge is -2.26. The van der Waals surface area contributed by atoms with E-state index in [0.29, 0.717) is 12.4 Å². The number of aromatic nitrogens is 1. The van der Waals surface area contributed by atoms with Gasteiger partial charge in [0.1, 0.15) is 10.7 Å². The second kappa shape index (κ2) is 7.01. The maximum atomic E-state index is 12.5. The van der Waals surface area contributed by atoms with Gasteiger partial charge in [0.2, 0.25) is 0 Å². The lowest BCUT2D eigenvalue weighted by Crippen LogP contribution is -2.45. The number of piperidine rings is 1. The normalized spacial score (nSPS) is 17.1. The van der Waals surface area contributed by atoms with Crippen LogP contribution in [0.1, 0.15) is 32.6 Å². The van der Waals surface area contributed by atoms with Gasteiger partial charge >= 0.3 is 0 Å². The number of sulfonamides is 1. The molecule has 0 unspecified atom stereocenters. The van der Waals surface area contributed by atoms with Crippen molar-refractivity contribution in [3.8, 4) is 0 Å². The molecule has 7 heteroatoms. The summed E-state index contributed by atoms with van der Waals surface area (Å²) in [5.74, 6) is 0.416. The van der Waals surface area contributed by atoms with E-state index < -0.39 is 10.0 Å². The van der Waals surface area contributed by atoms with Crippen LogP contribution < -0.4 is 10.1 Å². The molecule has 2 rings (SSSR count). The summed E-state index contributed by atoms with van der Waals surface area (Å²) in [6.07, 6.45) is 5.72. The van der Waals surface area contributed by atoms with E-state index >= 15 is 0 Å². The molecular weight excluding hydrogens is 276 g/mol. The standard InChI is InChI=1S/C13H22N4O2S/c1-2-8-14-13-12(7-6-9-15-13)20(18,19)16-17-10-4-3-5-11-17/h6-7,9,16H,2-5,8,10-11H2,1H3,(H,14,15). The SMILES string of the molecule is CCCNc1ncccc1S(=O)(=O)NN1CCCCC1. The van der Waals surface area contributed by atoms with E-state index in [2.05, 4.69) is 15.1 Å². The molecule has 1 aliphatic rings. The number of hydrogen-bond donors (Lipinski definition) is 2. The fraction of sp³-hybridized carbons (Fsp3) is 0.615. The lowest BCUT2D eigenvalue weighted by molar-refractivity contribution is 0.200. The molecule has 1 aromatic heterocycles. The summed E-state index contributed by atoms with van der Waals surface area (Å²) in [4.78, 5) is 6.99. The van der Waals surface area contributed by atoms with Crippen molar-refractivity contribution in [1.29, 1.82) is 0 Å². The Morgan fingerprint density at radius 3 is 2.75 bits per heavy atom. The molecular formula is C13H22N4O2S. The lowest BCUT2D eigenvalue weighted by atomic mass is 10.2. The van der Waals surface area contributed by atoms with Crippen LogP contribution in [0.2, 0.25) is 0 Å². The van der Waals surface area contributed by atoms with Gasteiger partial charge in [0, 0.05) is 25.8 Å². The Labute approximate surface area is 120 Å². The summed E-state index contributed by atoms with van der Waals surface area (Å²) in [6, 6.07) is 3.22. The topological polar surface area (TPSA) is 74.3 Å². The minimum absolute atomic E-state index is 0.207. The van der Waals surface area contributed by atoms with E-state index in [1.807, 2.05) is 6.92 Å². The number of pyridine rings is 1. The van der Waals surface area contributed by atoms with Crippen LogP contribution in [-0.4, -0.2) is 38.0 Å². The van der Waals surface area contributed by atoms with Gasteiger partial charge in [0.05, 0.1) is 0 Å². The Hall–Kier alpha value is -1.18. The van der Waals surface area contributed by atoms with Crippen LogP contribution in [0.15, 0.2) is 23.2 Å². The highest BCUT2D eigenvalue weighted by Crippen LogP contribution is 2.19. The summed E-state index contributed by atoms with van der Waals surface area (Å²) in [5.41, 5.74) is 0. The van der Waals surface area contributed by atoms with Crippen molar-refractivity contribution < 1.29 is 8.42 Å². The smallest absolute Gasteiger partial charge is 0.257 e. The molecule has 0 spiro atoms. The molecule has 112 valence electrons. The molecule has 1 aromatic rings. The van der Waals surface area contributed by atoms with Gasteiger partial charge in [-0.15, -0.1) is 4.83 Å². The summed E-state index contributed by atoms with van der Waals surface area (Å²) >= 11 is 0. The summed E-state index contributed by atoms with van der Waals surface area (Å²) in [5, 5.41) is 4.83. The van der Waals surface area contributed by atoms with Gasteiger partial charge in [0.15, 0.2) is 0 Å². The molecule has 0 radical (unpaired) electrons. The van der Waals surface area contributed by atoms with Crippen molar-refractivity contribution in [2.45, 2.75) is 37.5 Å². The minimum Gasteiger partial charge on any atom is -0.369 e. The third-order valence-electron chi connectivity index (χ3n) is 3.21. The Balaban J connectivity index is 2.15. The maximum Gasteiger partial charge on any atom is 0.257 e. The molecule has 6 nitrogen and oxygen atoms in total. The first-order chi connectivity index (χ1) is 9.63. The average Bonchev–Trinajstić information content (AvgIpc) is 2.46. The monoisotopic (exact) mass is 298 g/mol. The molecule has 1 saturated heterocycles. The quantitative estimate of drug-likeness (QED) is 0.834. The Morgan fingerprint density at radius 1 is 1.30 bits per heavy atom. The second-order valence-electron chi connectivity index (χ2n) is 4.92. The van der Waals surface area contributed by atoms with Crippen LogP contribution in [-0.2, 0) is 10.0 Å². The second-order valence-corrected chi connectivity index (χ2v) is 6.55. The van der Waals surface area contributed by atoms with Crippen molar-refractivity contribution in [2.75, 3.05) is 25.0 Å². The van der Waals surface area contributed by atoms with Crippen LogP contribution in [0, 0.1) is 0 Å². The van der Waals surface area contributed by atoms with E-state index in [1.54, 1.807) is 23.3 Å². The maximum absolute atomic E-state index is 12.5. The zero-order valence-electron chi connectivity index (χ0n) is 11.8. The predicted octanol–water partition coefficient (Wildman–Crippen LogP) is 1.58. The van der Waals surface area contributed by atoms with Gasteiger partial charge in [0.25, 0.3) is 10.0 Å². The highest BCUT2D eigenvalue weighted by atomic mass is 32.2. The molecule has 1 aliphatic heterocycles. The first kappa shape index (κ1) is 15.2. The van der Waals surface area contributed by atoms with Crippen molar-refractivity contribution in [1.82, 2.24) is 14.8 Å². The van der Waals surface area contributed by atoms with Crippen LogP contribution >= 0.6 is 0 Å². The molecule has 0 atom stereocenters. The Morgan fingerprint density at radius 2 is 2.05 bits per heavy atom. The van der Waals surface area contributed by atoms with E-state index in [-0.39, 0.29) is 4.90 Å². The van der Waals surface area contributed by atoms with Crippen molar-refractivity contribution in [2.24, 2.45) is 0 Å². The largest absolute Gasteiger partial charge is 0.369 e. The molecule has 0 aliphatic carbocycles. The number of hydrazine groups is 1. The fourth-order valence-corrected chi connectivity index (χ4v) is 3.45. The molecule has 0 aromatic carbocycles. The molecule has 1 fully saturated rings. The third-order valence-corrected chi connectivity index (χ3v) is 4.62. The number of hydrogen-bond acceptors (Lipinski definition) is 5. The summed E-state index contributed by atoms with van der Waals surface area (Å²) in [6.45, 7) is 4.24. The number of anilines is 1. The van der Waals surface area contributed by atoms with Gasteiger partial charge in [-0.2, -0.15) is 0 Å². The summed E-state index contributed by atoms with van der Waals surface area (Å²) < 4.78 is 24.9. The molecule has 0 saturated carbocycles. The average molecular weight is 298 g/mol. The zero-order chi connectivity index (χ0) is 14.4. The van der Waals surface area contributed by atoms with Crippen LogP contribution in [0.4, 0.5) is 5.82 Å². The molecule has 0 amide bonds. The minimum atomic E-state index is -3.57. The van der Waals surface area contributed by atoms with Gasteiger partial charge in [-0.3, -0.25) is 0 Å². The highest BCUT2D eigenvalue weighted by molar-refractivity contribution is 7.89. The summed E-state index contributed by atoms with van der Waals surface area (Å²) in [7, 11) is -3.57.